The van der Waals surface area contributed by atoms with E-state index < -0.39 is 9.84 Å². The summed E-state index contributed by atoms with van der Waals surface area (Å²) in [4.78, 5) is 0.273. The Bertz CT molecular complexity index is 1040. The summed E-state index contributed by atoms with van der Waals surface area (Å²) in [5, 5.41) is 0.986. The number of sulfone groups is 1. The summed E-state index contributed by atoms with van der Waals surface area (Å²) in [6, 6.07) is 13.8. The van der Waals surface area contributed by atoms with Gasteiger partial charge in [-0.25, -0.2) is 8.42 Å². The van der Waals surface area contributed by atoms with Gasteiger partial charge in [-0.2, -0.15) is 0 Å². The molecule has 1 aliphatic rings. The number of fused-ring (bicyclic) bond motifs is 1. The number of allylic oxidation sites excluding steroid dienone is 1. The van der Waals surface area contributed by atoms with Crippen LogP contribution in [0.5, 0.6) is 0 Å². The van der Waals surface area contributed by atoms with E-state index in [0.717, 1.165) is 11.0 Å². The van der Waals surface area contributed by atoms with E-state index in [1.54, 1.807) is 12.1 Å². The molecule has 28 heavy (non-hydrogen) atoms. The van der Waals surface area contributed by atoms with Gasteiger partial charge < -0.3 is 0 Å². The molecule has 0 aromatic heterocycles. The molecule has 1 aliphatic carbocycles. The molecular weight excluding hydrogens is 364 g/mol. The molecule has 0 N–H and O–H groups in total. The summed E-state index contributed by atoms with van der Waals surface area (Å²) in [6.07, 6.45) is 4.51. The Morgan fingerprint density at radius 1 is 0.929 bits per heavy atom. The van der Waals surface area contributed by atoms with Gasteiger partial charge >= 0.3 is 0 Å². The number of hydrogen-bond acceptors (Lipinski definition) is 2. The van der Waals surface area contributed by atoms with Gasteiger partial charge in [-0.3, -0.25) is 0 Å². The summed E-state index contributed by atoms with van der Waals surface area (Å²) >= 11 is 0. The lowest BCUT2D eigenvalue weighted by atomic mass is 9.63. The zero-order chi connectivity index (χ0) is 20.7. The first-order valence-corrected chi connectivity index (χ1v) is 11.3. The van der Waals surface area contributed by atoms with Gasteiger partial charge in [0.1, 0.15) is 0 Å². The lowest BCUT2D eigenvalue weighted by molar-refractivity contribution is 0.332. The minimum atomic E-state index is -3.39. The van der Waals surface area contributed by atoms with Crippen LogP contribution in [0.3, 0.4) is 0 Å². The predicted molar refractivity (Wildman–Crippen MR) is 119 cm³/mol. The lowest BCUT2D eigenvalue weighted by Crippen LogP contribution is -2.33. The van der Waals surface area contributed by atoms with E-state index >= 15 is 0 Å². The maximum atomic E-state index is 11.9. The maximum Gasteiger partial charge on any atom is 0.199 e. The van der Waals surface area contributed by atoms with Gasteiger partial charge in [0.2, 0.25) is 0 Å². The fourth-order valence-electron chi connectivity index (χ4n) is 4.02. The molecule has 2 aromatic carbocycles. The van der Waals surface area contributed by atoms with Crippen molar-refractivity contribution in [2.75, 3.05) is 0 Å². The van der Waals surface area contributed by atoms with Crippen molar-refractivity contribution in [2.45, 2.75) is 63.2 Å². The molecule has 3 heteroatoms. The molecular formula is C25H30O2S. The Labute approximate surface area is 169 Å². The minimum absolute atomic E-state index is 0.182. The minimum Gasteiger partial charge on any atom is -0.219 e. The first-order valence-electron chi connectivity index (χ1n) is 9.78. The third-order valence-corrected chi connectivity index (χ3v) is 7.49. The highest BCUT2D eigenvalue weighted by Gasteiger charge is 2.36. The normalized spacial score (nSPS) is 18.4. The van der Waals surface area contributed by atoms with E-state index in [4.69, 9.17) is 0 Å². The smallest absolute Gasteiger partial charge is 0.199 e. The van der Waals surface area contributed by atoms with Crippen molar-refractivity contribution in [3.05, 3.63) is 76.7 Å². The van der Waals surface area contributed by atoms with Crippen LogP contribution < -0.4 is 0 Å². The number of rotatable bonds is 4. The van der Waals surface area contributed by atoms with E-state index in [-0.39, 0.29) is 15.7 Å². The average Bonchev–Trinajstić information content (AvgIpc) is 2.65. The number of hydrogen-bond donors (Lipinski definition) is 0. The highest BCUT2D eigenvalue weighted by Crippen LogP contribution is 2.46. The largest absolute Gasteiger partial charge is 0.219 e. The van der Waals surface area contributed by atoms with Crippen molar-refractivity contribution in [1.29, 1.82) is 0 Å². The molecule has 0 atom stereocenters. The zero-order valence-electron chi connectivity index (χ0n) is 17.5. The van der Waals surface area contributed by atoms with E-state index in [0.29, 0.717) is 0 Å². The molecule has 0 aliphatic heterocycles. The van der Waals surface area contributed by atoms with Crippen molar-refractivity contribution in [3.8, 4) is 0 Å². The van der Waals surface area contributed by atoms with Crippen LogP contribution in [0.25, 0.3) is 11.6 Å². The van der Waals surface area contributed by atoms with Crippen LogP contribution in [-0.4, -0.2) is 8.42 Å². The fourth-order valence-corrected chi connectivity index (χ4v) is 4.73. The van der Waals surface area contributed by atoms with E-state index in [1.165, 1.54) is 35.1 Å². The molecule has 0 radical (unpaired) electrons. The summed E-state index contributed by atoms with van der Waals surface area (Å²) < 4.78 is 23.7. The summed E-state index contributed by atoms with van der Waals surface area (Å²) in [5.41, 5.74) is 6.67. The molecule has 148 valence electrons. The molecule has 2 nitrogen and oxygen atoms in total. The second-order valence-electron chi connectivity index (χ2n) is 9.14. The molecule has 0 saturated heterocycles. The topological polar surface area (TPSA) is 34.1 Å². The first-order chi connectivity index (χ1) is 13.0. The van der Waals surface area contributed by atoms with Crippen LogP contribution in [0.15, 0.2) is 59.3 Å². The molecule has 0 bridgehead atoms. The fraction of sp³-hybridized carbons (Fsp3) is 0.360. The van der Waals surface area contributed by atoms with Crippen LogP contribution in [0.1, 0.15) is 69.7 Å². The summed E-state index contributed by atoms with van der Waals surface area (Å²) in [7, 11) is -3.39. The molecule has 3 rings (SSSR count). The molecule has 2 aromatic rings. The number of benzene rings is 2. The van der Waals surface area contributed by atoms with Crippen LogP contribution in [0.2, 0.25) is 0 Å². The molecule has 0 unspecified atom stereocenters. The van der Waals surface area contributed by atoms with Gasteiger partial charge in [0.25, 0.3) is 0 Å². The standard InChI is InChI=1S/C25H30O2S/c1-7-28(26,27)21-11-8-19(9-12-21)16-18(2)20-10-13-22-23(17-20)25(5,6)15-14-24(22,3)4/h7-13,16-17H,1,14-15H2,2-6H3/b18-16+. The molecule has 0 amide bonds. The van der Waals surface area contributed by atoms with Gasteiger partial charge in [-0.05, 0) is 70.6 Å². The van der Waals surface area contributed by atoms with Crippen molar-refractivity contribution in [3.63, 3.8) is 0 Å². The Morgan fingerprint density at radius 3 is 2.07 bits per heavy atom. The highest BCUT2D eigenvalue weighted by atomic mass is 32.2. The first kappa shape index (κ1) is 20.6. The van der Waals surface area contributed by atoms with Crippen molar-refractivity contribution in [1.82, 2.24) is 0 Å². The third-order valence-electron chi connectivity index (χ3n) is 6.12. The van der Waals surface area contributed by atoms with E-state index in [9.17, 15) is 8.42 Å². The van der Waals surface area contributed by atoms with Crippen molar-refractivity contribution >= 4 is 21.5 Å². The van der Waals surface area contributed by atoms with Gasteiger partial charge in [0.15, 0.2) is 9.84 Å². The third kappa shape index (κ3) is 3.86. The SMILES string of the molecule is C=CS(=O)(=O)c1ccc(/C=C(\C)c2ccc3c(c2)C(C)(C)CCC3(C)C)cc1. The Hall–Kier alpha value is -2.13. The van der Waals surface area contributed by atoms with Gasteiger partial charge in [-0.1, -0.05) is 70.7 Å². The predicted octanol–water partition coefficient (Wildman–Crippen LogP) is 6.51. The van der Waals surface area contributed by atoms with Crippen LogP contribution in [-0.2, 0) is 20.7 Å². The van der Waals surface area contributed by atoms with E-state index in [1.807, 2.05) is 12.1 Å². The lowest BCUT2D eigenvalue weighted by Gasteiger charge is -2.42. The summed E-state index contributed by atoms with van der Waals surface area (Å²) in [5.74, 6) is 0. The van der Waals surface area contributed by atoms with Crippen molar-refractivity contribution < 1.29 is 8.42 Å². The van der Waals surface area contributed by atoms with Gasteiger partial charge in [0.05, 0.1) is 4.90 Å². The Balaban J connectivity index is 1.97. The quantitative estimate of drug-likeness (QED) is 0.554. The molecule has 0 fully saturated rings. The maximum absolute atomic E-state index is 11.9. The highest BCUT2D eigenvalue weighted by molar-refractivity contribution is 7.94. The average molecular weight is 395 g/mol. The second-order valence-corrected chi connectivity index (χ2v) is 11.0. The molecule has 0 spiro atoms. The summed E-state index contributed by atoms with van der Waals surface area (Å²) in [6.45, 7) is 14.8. The Kier molecular flexibility index (Phi) is 5.18. The van der Waals surface area contributed by atoms with Gasteiger partial charge in [0, 0.05) is 5.41 Å². The van der Waals surface area contributed by atoms with E-state index in [2.05, 4.69) is 65.5 Å². The molecule has 0 saturated carbocycles. The van der Waals surface area contributed by atoms with Gasteiger partial charge in [-0.15, -0.1) is 0 Å². The monoisotopic (exact) mass is 394 g/mol. The van der Waals surface area contributed by atoms with Crippen LogP contribution in [0, 0.1) is 0 Å². The van der Waals surface area contributed by atoms with Crippen LogP contribution in [0.4, 0.5) is 0 Å². The molecule has 0 heterocycles. The Morgan fingerprint density at radius 2 is 1.50 bits per heavy atom. The van der Waals surface area contributed by atoms with Crippen LogP contribution >= 0.6 is 0 Å². The van der Waals surface area contributed by atoms with Crippen molar-refractivity contribution in [2.24, 2.45) is 0 Å². The second kappa shape index (κ2) is 7.04. The zero-order valence-corrected chi connectivity index (χ0v) is 18.4.